The first kappa shape index (κ1) is 14.0. The quantitative estimate of drug-likeness (QED) is 0.897. The molecule has 1 fully saturated rings. The van der Waals surface area contributed by atoms with E-state index in [0.717, 1.165) is 18.8 Å². The molecule has 0 amide bonds. The van der Waals surface area contributed by atoms with Crippen LogP contribution in [0.25, 0.3) is 0 Å². The fourth-order valence-corrected chi connectivity index (χ4v) is 2.40. The van der Waals surface area contributed by atoms with Gasteiger partial charge in [0.2, 0.25) is 0 Å². The highest BCUT2D eigenvalue weighted by molar-refractivity contribution is 5.49. The fraction of sp³-hybridized carbons (Fsp3) is 0.538. The normalized spacial score (nSPS) is 24.4. The van der Waals surface area contributed by atoms with Gasteiger partial charge in [0, 0.05) is 30.9 Å². The zero-order valence-corrected chi connectivity index (χ0v) is 10.9. The van der Waals surface area contributed by atoms with E-state index in [-0.39, 0.29) is 5.75 Å². The molecular formula is C13H17F3N2O. The number of alkyl halides is 3. The van der Waals surface area contributed by atoms with Gasteiger partial charge in [-0.25, -0.2) is 0 Å². The molecule has 1 aromatic rings. The number of hydrogen-bond acceptors (Lipinski definition) is 3. The highest BCUT2D eigenvalue weighted by atomic mass is 19.4. The lowest BCUT2D eigenvalue weighted by atomic mass is 10.1. The van der Waals surface area contributed by atoms with Crippen molar-refractivity contribution in [1.29, 1.82) is 0 Å². The monoisotopic (exact) mass is 274 g/mol. The summed E-state index contributed by atoms with van der Waals surface area (Å²) in [5, 5.41) is 3.41. The van der Waals surface area contributed by atoms with Gasteiger partial charge in [-0.15, -0.1) is 13.2 Å². The van der Waals surface area contributed by atoms with Crippen LogP contribution in [0, 0.1) is 0 Å². The van der Waals surface area contributed by atoms with E-state index in [9.17, 15) is 13.2 Å². The predicted molar refractivity (Wildman–Crippen MR) is 67.4 cm³/mol. The van der Waals surface area contributed by atoms with E-state index >= 15 is 0 Å². The lowest BCUT2D eigenvalue weighted by Crippen LogP contribution is -2.54. The zero-order valence-electron chi connectivity index (χ0n) is 10.9. The van der Waals surface area contributed by atoms with Gasteiger partial charge in [0.05, 0.1) is 0 Å². The standard InChI is InChI=1S/C13H17F3N2O/c1-9-7-18(8-10(2)17-9)11-3-5-12(6-4-11)19-13(14,15)16/h3-6,9-10,17H,7-8H2,1-2H3/t9-,10-/m1/s1. The molecule has 0 aromatic heterocycles. The topological polar surface area (TPSA) is 24.5 Å². The van der Waals surface area contributed by atoms with Crippen LogP contribution >= 0.6 is 0 Å². The number of nitrogens with zero attached hydrogens (tertiary/aromatic N) is 1. The van der Waals surface area contributed by atoms with Gasteiger partial charge in [0.1, 0.15) is 5.75 Å². The molecule has 2 atom stereocenters. The molecule has 0 bridgehead atoms. The lowest BCUT2D eigenvalue weighted by Gasteiger charge is -2.37. The van der Waals surface area contributed by atoms with Gasteiger partial charge in [0.15, 0.2) is 0 Å². The molecule has 0 unspecified atom stereocenters. The molecule has 3 nitrogen and oxygen atoms in total. The van der Waals surface area contributed by atoms with Crippen LogP contribution in [-0.2, 0) is 0 Å². The Kier molecular flexibility index (Phi) is 3.89. The SMILES string of the molecule is C[C@@H]1CN(c2ccc(OC(F)(F)F)cc2)C[C@@H](C)N1. The van der Waals surface area contributed by atoms with E-state index in [1.807, 2.05) is 0 Å². The first-order chi connectivity index (χ1) is 8.83. The summed E-state index contributed by atoms with van der Waals surface area (Å²) in [5.74, 6) is -0.188. The maximum Gasteiger partial charge on any atom is 0.573 e. The van der Waals surface area contributed by atoms with Crippen LogP contribution < -0.4 is 15.0 Å². The Bertz CT molecular complexity index is 409. The maximum atomic E-state index is 12.1. The molecule has 0 radical (unpaired) electrons. The van der Waals surface area contributed by atoms with Crippen molar-refractivity contribution >= 4 is 5.69 Å². The van der Waals surface area contributed by atoms with Crippen molar-refractivity contribution in [3.05, 3.63) is 24.3 Å². The average molecular weight is 274 g/mol. The molecule has 1 heterocycles. The van der Waals surface area contributed by atoms with E-state index in [1.165, 1.54) is 12.1 Å². The van der Waals surface area contributed by atoms with Gasteiger partial charge in [-0.1, -0.05) is 0 Å². The summed E-state index contributed by atoms with van der Waals surface area (Å²) < 4.78 is 40.0. The Morgan fingerprint density at radius 1 is 1.11 bits per heavy atom. The largest absolute Gasteiger partial charge is 0.573 e. The van der Waals surface area contributed by atoms with Crippen molar-refractivity contribution in [3.8, 4) is 5.75 Å². The highest BCUT2D eigenvalue weighted by Gasteiger charge is 2.31. The Morgan fingerprint density at radius 2 is 1.63 bits per heavy atom. The van der Waals surface area contributed by atoms with Crippen molar-refractivity contribution in [2.75, 3.05) is 18.0 Å². The third-order valence-corrected chi connectivity index (χ3v) is 2.99. The second-order valence-corrected chi connectivity index (χ2v) is 4.92. The van der Waals surface area contributed by atoms with E-state index < -0.39 is 6.36 Å². The molecule has 106 valence electrons. The second kappa shape index (κ2) is 5.28. The molecule has 1 saturated heterocycles. The van der Waals surface area contributed by atoms with Crippen LogP contribution in [-0.4, -0.2) is 31.5 Å². The van der Waals surface area contributed by atoms with Crippen molar-refractivity contribution in [1.82, 2.24) is 5.32 Å². The average Bonchev–Trinajstić information content (AvgIpc) is 2.26. The van der Waals surface area contributed by atoms with Crippen molar-refractivity contribution in [3.63, 3.8) is 0 Å². The molecule has 19 heavy (non-hydrogen) atoms. The number of nitrogens with one attached hydrogen (secondary N) is 1. The Morgan fingerprint density at radius 3 is 2.11 bits per heavy atom. The molecule has 1 aromatic carbocycles. The van der Waals surface area contributed by atoms with E-state index in [4.69, 9.17) is 0 Å². The molecule has 1 aliphatic heterocycles. The summed E-state index contributed by atoms with van der Waals surface area (Å²) in [7, 11) is 0. The minimum Gasteiger partial charge on any atom is -0.406 e. The first-order valence-electron chi connectivity index (χ1n) is 6.20. The molecule has 1 N–H and O–H groups in total. The van der Waals surface area contributed by atoms with E-state index in [1.54, 1.807) is 12.1 Å². The zero-order chi connectivity index (χ0) is 14.0. The summed E-state index contributed by atoms with van der Waals surface area (Å²) >= 11 is 0. The van der Waals surface area contributed by atoms with Crippen molar-refractivity contribution in [2.45, 2.75) is 32.3 Å². The van der Waals surface area contributed by atoms with E-state index in [2.05, 4.69) is 28.8 Å². The summed E-state index contributed by atoms with van der Waals surface area (Å²) in [4.78, 5) is 2.16. The van der Waals surface area contributed by atoms with Gasteiger partial charge >= 0.3 is 6.36 Å². The van der Waals surface area contributed by atoms with E-state index in [0.29, 0.717) is 12.1 Å². The molecule has 2 rings (SSSR count). The molecule has 1 aliphatic rings. The van der Waals surface area contributed by atoms with Crippen LogP contribution in [0.3, 0.4) is 0 Å². The number of rotatable bonds is 2. The third kappa shape index (κ3) is 4.02. The van der Waals surface area contributed by atoms with Crippen molar-refractivity contribution in [2.24, 2.45) is 0 Å². The number of anilines is 1. The highest BCUT2D eigenvalue weighted by Crippen LogP contribution is 2.26. The first-order valence-corrected chi connectivity index (χ1v) is 6.20. The molecule has 0 spiro atoms. The number of benzene rings is 1. The van der Waals surface area contributed by atoms with Crippen LogP contribution in [0.5, 0.6) is 5.75 Å². The molecule has 6 heteroatoms. The molecular weight excluding hydrogens is 257 g/mol. The number of ether oxygens (including phenoxy) is 1. The fourth-order valence-electron chi connectivity index (χ4n) is 2.40. The summed E-state index contributed by atoms with van der Waals surface area (Å²) in [5.41, 5.74) is 0.912. The van der Waals surface area contributed by atoms with Gasteiger partial charge in [-0.05, 0) is 38.1 Å². The summed E-state index contributed by atoms with van der Waals surface area (Å²) in [6.07, 6.45) is -4.64. The molecule has 0 saturated carbocycles. The minimum atomic E-state index is -4.64. The van der Waals surface area contributed by atoms with Gasteiger partial charge in [0.25, 0.3) is 0 Å². The molecule has 0 aliphatic carbocycles. The predicted octanol–water partition coefficient (Wildman–Crippen LogP) is 2.77. The van der Waals surface area contributed by atoms with Gasteiger partial charge in [-0.3, -0.25) is 0 Å². The Hall–Kier alpha value is -1.43. The van der Waals surface area contributed by atoms with Crippen LogP contribution in [0.1, 0.15) is 13.8 Å². The third-order valence-electron chi connectivity index (χ3n) is 2.99. The number of halogens is 3. The minimum absolute atomic E-state index is 0.188. The lowest BCUT2D eigenvalue weighted by molar-refractivity contribution is -0.274. The Balaban J connectivity index is 2.05. The smallest absolute Gasteiger partial charge is 0.406 e. The Labute approximate surface area is 110 Å². The van der Waals surface area contributed by atoms with Gasteiger partial charge < -0.3 is 15.0 Å². The van der Waals surface area contributed by atoms with Crippen LogP contribution in [0.4, 0.5) is 18.9 Å². The van der Waals surface area contributed by atoms with Crippen LogP contribution in [0.2, 0.25) is 0 Å². The summed E-state index contributed by atoms with van der Waals surface area (Å²) in [6.45, 7) is 5.85. The van der Waals surface area contributed by atoms with Gasteiger partial charge in [-0.2, -0.15) is 0 Å². The van der Waals surface area contributed by atoms with Crippen LogP contribution in [0.15, 0.2) is 24.3 Å². The summed E-state index contributed by atoms with van der Waals surface area (Å²) in [6, 6.07) is 6.72. The number of piperazine rings is 1. The van der Waals surface area contributed by atoms with Crippen molar-refractivity contribution < 1.29 is 17.9 Å². The maximum absolute atomic E-state index is 12.1. The second-order valence-electron chi connectivity index (χ2n) is 4.92. The number of hydrogen-bond donors (Lipinski definition) is 1.